The van der Waals surface area contributed by atoms with Gasteiger partial charge in [-0.3, -0.25) is 0 Å². The number of H-pyrrole nitrogens is 1. The zero-order chi connectivity index (χ0) is 11.0. The van der Waals surface area contributed by atoms with Gasteiger partial charge in [-0.1, -0.05) is 24.6 Å². The quantitative estimate of drug-likeness (QED) is 0.822. The molecule has 1 aromatic carbocycles. The molecule has 0 aliphatic rings. The fraction of sp³-hybridized carbons (Fsp3) is 0.182. The number of aromatic carboxylic acids is 1. The molecular weight excluding hydrogens is 214 g/mol. The summed E-state index contributed by atoms with van der Waals surface area (Å²) >= 11 is 5.82. The fourth-order valence-electron chi connectivity index (χ4n) is 1.64. The Hall–Kier alpha value is -1.48. The van der Waals surface area contributed by atoms with Gasteiger partial charge in [-0.05, 0) is 24.1 Å². The number of aromatic amines is 1. The van der Waals surface area contributed by atoms with Crippen molar-refractivity contribution in [1.82, 2.24) is 4.98 Å². The van der Waals surface area contributed by atoms with Crippen LogP contribution in [0.25, 0.3) is 10.9 Å². The monoisotopic (exact) mass is 223 g/mol. The first-order chi connectivity index (χ1) is 7.13. The molecule has 2 N–H and O–H groups in total. The van der Waals surface area contributed by atoms with Gasteiger partial charge in [0.15, 0.2) is 0 Å². The second-order valence-corrected chi connectivity index (χ2v) is 3.73. The molecule has 3 nitrogen and oxygen atoms in total. The van der Waals surface area contributed by atoms with E-state index in [1.807, 2.05) is 25.1 Å². The summed E-state index contributed by atoms with van der Waals surface area (Å²) in [6.07, 6.45) is 0.873. The summed E-state index contributed by atoms with van der Waals surface area (Å²) in [5, 5.41) is 9.87. The summed E-state index contributed by atoms with van der Waals surface area (Å²) in [5.74, 6) is -1.00. The van der Waals surface area contributed by atoms with Crippen molar-refractivity contribution in [3.8, 4) is 0 Å². The SMILES string of the molecule is CCc1ccc2[nH]c(Cl)c(C(=O)O)c2c1. The smallest absolute Gasteiger partial charge is 0.339 e. The maximum atomic E-state index is 11.0. The van der Waals surface area contributed by atoms with Crippen molar-refractivity contribution in [3.63, 3.8) is 0 Å². The molecule has 0 spiro atoms. The summed E-state index contributed by atoms with van der Waals surface area (Å²) in [7, 11) is 0. The van der Waals surface area contributed by atoms with Crippen molar-refractivity contribution >= 4 is 28.5 Å². The lowest BCUT2D eigenvalue weighted by Crippen LogP contribution is -1.95. The van der Waals surface area contributed by atoms with Gasteiger partial charge in [0.05, 0.1) is 0 Å². The predicted molar refractivity (Wildman–Crippen MR) is 59.6 cm³/mol. The van der Waals surface area contributed by atoms with Crippen LogP contribution in [0.1, 0.15) is 22.8 Å². The van der Waals surface area contributed by atoms with Crippen LogP contribution in [0.2, 0.25) is 5.15 Å². The lowest BCUT2D eigenvalue weighted by atomic mass is 10.1. The molecule has 2 aromatic rings. The van der Waals surface area contributed by atoms with Gasteiger partial charge in [-0.2, -0.15) is 0 Å². The minimum absolute atomic E-state index is 0.155. The lowest BCUT2D eigenvalue weighted by Gasteiger charge is -1.97. The van der Waals surface area contributed by atoms with Crippen molar-refractivity contribution in [3.05, 3.63) is 34.5 Å². The summed E-state index contributed by atoms with van der Waals surface area (Å²) in [6.45, 7) is 2.02. The van der Waals surface area contributed by atoms with Crippen LogP contribution < -0.4 is 0 Å². The maximum Gasteiger partial charge on any atom is 0.339 e. The molecule has 4 heteroatoms. The van der Waals surface area contributed by atoms with Crippen LogP contribution in [-0.2, 0) is 6.42 Å². The number of aryl methyl sites for hydroxylation is 1. The number of aromatic nitrogens is 1. The third kappa shape index (κ3) is 1.59. The van der Waals surface area contributed by atoms with E-state index in [4.69, 9.17) is 16.7 Å². The van der Waals surface area contributed by atoms with Gasteiger partial charge in [-0.15, -0.1) is 0 Å². The Labute approximate surface area is 91.7 Å². The minimum atomic E-state index is -1.00. The first-order valence-electron chi connectivity index (χ1n) is 4.67. The maximum absolute atomic E-state index is 11.0. The van der Waals surface area contributed by atoms with E-state index in [1.165, 1.54) is 0 Å². The Kier molecular flexibility index (Phi) is 2.40. The molecule has 0 amide bonds. The molecule has 0 atom stereocenters. The van der Waals surface area contributed by atoms with E-state index in [2.05, 4.69) is 4.98 Å². The van der Waals surface area contributed by atoms with E-state index in [0.717, 1.165) is 17.5 Å². The Bertz CT molecular complexity index is 531. The van der Waals surface area contributed by atoms with Gasteiger partial charge in [-0.25, -0.2) is 4.79 Å². The number of halogens is 1. The molecule has 1 aromatic heterocycles. The van der Waals surface area contributed by atoms with Gasteiger partial charge in [0.1, 0.15) is 10.7 Å². The van der Waals surface area contributed by atoms with E-state index in [1.54, 1.807) is 0 Å². The van der Waals surface area contributed by atoms with E-state index in [0.29, 0.717) is 5.39 Å². The molecule has 0 fully saturated rings. The number of benzene rings is 1. The molecule has 0 saturated heterocycles. The molecule has 0 saturated carbocycles. The molecule has 0 unspecified atom stereocenters. The van der Waals surface area contributed by atoms with Crippen molar-refractivity contribution in [1.29, 1.82) is 0 Å². The zero-order valence-electron chi connectivity index (χ0n) is 8.17. The van der Waals surface area contributed by atoms with Crippen LogP contribution in [0.5, 0.6) is 0 Å². The fourth-order valence-corrected chi connectivity index (χ4v) is 1.92. The molecule has 0 aliphatic heterocycles. The van der Waals surface area contributed by atoms with Crippen LogP contribution in [0.15, 0.2) is 18.2 Å². The molecule has 1 heterocycles. The highest BCUT2D eigenvalue weighted by molar-refractivity contribution is 6.34. The third-order valence-corrected chi connectivity index (χ3v) is 2.72. The van der Waals surface area contributed by atoms with Crippen molar-refractivity contribution in [2.75, 3.05) is 0 Å². The van der Waals surface area contributed by atoms with Crippen LogP contribution in [0, 0.1) is 0 Å². The molecular formula is C11H10ClNO2. The zero-order valence-corrected chi connectivity index (χ0v) is 8.93. The average molecular weight is 224 g/mol. The molecule has 0 bridgehead atoms. The predicted octanol–water partition coefficient (Wildman–Crippen LogP) is 3.08. The number of hydrogen-bond acceptors (Lipinski definition) is 1. The normalized spacial score (nSPS) is 10.8. The standard InChI is InChI=1S/C11H10ClNO2/c1-2-6-3-4-8-7(5-6)9(11(14)15)10(12)13-8/h3-5,13H,2H2,1H3,(H,14,15). The molecule has 15 heavy (non-hydrogen) atoms. The first kappa shape index (κ1) is 10.1. The highest BCUT2D eigenvalue weighted by atomic mass is 35.5. The van der Waals surface area contributed by atoms with Crippen molar-refractivity contribution in [2.45, 2.75) is 13.3 Å². The Morgan fingerprint density at radius 1 is 1.53 bits per heavy atom. The van der Waals surface area contributed by atoms with Gasteiger partial charge < -0.3 is 10.1 Å². The van der Waals surface area contributed by atoms with Gasteiger partial charge in [0.2, 0.25) is 0 Å². The number of rotatable bonds is 2. The number of carboxylic acids is 1. The summed E-state index contributed by atoms with van der Waals surface area (Å²) in [5.41, 5.74) is 2.01. The largest absolute Gasteiger partial charge is 0.478 e. The van der Waals surface area contributed by atoms with Crippen LogP contribution in [0.4, 0.5) is 0 Å². The number of carboxylic acid groups (broad SMARTS) is 1. The van der Waals surface area contributed by atoms with Crippen LogP contribution >= 0.6 is 11.6 Å². The molecule has 78 valence electrons. The van der Waals surface area contributed by atoms with E-state index < -0.39 is 5.97 Å². The lowest BCUT2D eigenvalue weighted by molar-refractivity contribution is 0.0699. The Balaban J connectivity index is 2.77. The van der Waals surface area contributed by atoms with E-state index in [-0.39, 0.29) is 10.7 Å². The van der Waals surface area contributed by atoms with E-state index in [9.17, 15) is 4.79 Å². The average Bonchev–Trinajstić information content (AvgIpc) is 2.52. The Morgan fingerprint density at radius 2 is 2.27 bits per heavy atom. The Morgan fingerprint density at radius 3 is 2.87 bits per heavy atom. The second kappa shape index (κ2) is 3.59. The van der Waals surface area contributed by atoms with Crippen molar-refractivity contribution < 1.29 is 9.90 Å². The minimum Gasteiger partial charge on any atom is -0.478 e. The van der Waals surface area contributed by atoms with Gasteiger partial charge in [0.25, 0.3) is 0 Å². The topological polar surface area (TPSA) is 53.1 Å². The molecule has 0 radical (unpaired) electrons. The second-order valence-electron chi connectivity index (χ2n) is 3.35. The number of hydrogen-bond donors (Lipinski definition) is 2. The van der Waals surface area contributed by atoms with Gasteiger partial charge in [0, 0.05) is 10.9 Å². The van der Waals surface area contributed by atoms with Gasteiger partial charge >= 0.3 is 5.97 Å². The first-order valence-corrected chi connectivity index (χ1v) is 5.04. The van der Waals surface area contributed by atoms with Crippen molar-refractivity contribution in [2.24, 2.45) is 0 Å². The summed E-state index contributed by atoms with van der Waals surface area (Å²) in [4.78, 5) is 13.8. The van der Waals surface area contributed by atoms with Crippen LogP contribution in [-0.4, -0.2) is 16.1 Å². The number of nitrogens with one attached hydrogen (secondary N) is 1. The highest BCUT2D eigenvalue weighted by Gasteiger charge is 2.16. The van der Waals surface area contributed by atoms with E-state index >= 15 is 0 Å². The summed E-state index contributed by atoms with van der Waals surface area (Å²) < 4.78 is 0. The number of carbonyl (C=O) groups is 1. The number of fused-ring (bicyclic) bond motifs is 1. The highest BCUT2D eigenvalue weighted by Crippen LogP contribution is 2.27. The third-order valence-electron chi connectivity index (χ3n) is 2.44. The summed E-state index contributed by atoms with van der Waals surface area (Å²) in [6, 6.07) is 5.68. The van der Waals surface area contributed by atoms with Crippen LogP contribution in [0.3, 0.4) is 0 Å². The molecule has 0 aliphatic carbocycles. The molecule has 2 rings (SSSR count).